The number of guanidine groups is 1. The van der Waals surface area contributed by atoms with Crippen LogP contribution in [0.4, 0.5) is 0 Å². The minimum absolute atomic E-state index is 0.484. The average Bonchev–Trinajstić information content (AvgIpc) is 2.71. The second kappa shape index (κ2) is 11.2. The zero-order valence-corrected chi connectivity index (χ0v) is 16.9. The molecule has 0 amide bonds. The second-order valence-corrected chi connectivity index (χ2v) is 6.74. The van der Waals surface area contributed by atoms with Crippen LogP contribution >= 0.6 is 0 Å². The number of aliphatic imine (C=N–C) groups is 1. The summed E-state index contributed by atoms with van der Waals surface area (Å²) in [5, 5.41) is 6.75. The highest BCUT2D eigenvalue weighted by atomic mass is 16.5. The highest BCUT2D eigenvalue weighted by molar-refractivity contribution is 5.79. The third-order valence-electron chi connectivity index (χ3n) is 4.72. The normalized spacial score (nSPS) is 12.7. The van der Waals surface area contributed by atoms with E-state index in [1.54, 1.807) is 14.2 Å². The summed E-state index contributed by atoms with van der Waals surface area (Å²) >= 11 is 0. The zero-order chi connectivity index (χ0) is 19.5. The molecule has 146 valence electrons. The minimum Gasteiger partial charge on any atom is -0.497 e. The van der Waals surface area contributed by atoms with Gasteiger partial charge in [-0.3, -0.25) is 9.89 Å². The maximum absolute atomic E-state index is 5.19. The van der Waals surface area contributed by atoms with Gasteiger partial charge < -0.3 is 15.4 Å². The lowest BCUT2D eigenvalue weighted by atomic mass is 10.1. The maximum Gasteiger partial charge on any atom is 0.191 e. The van der Waals surface area contributed by atoms with Crippen LogP contribution in [-0.4, -0.2) is 44.7 Å². The van der Waals surface area contributed by atoms with E-state index < -0.39 is 0 Å². The van der Waals surface area contributed by atoms with E-state index in [9.17, 15) is 0 Å². The van der Waals surface area contributed by atoms with Gasteiger partial charge in [-0.1, -0.05) is 42.5 Å². The Bertz CT molecular complexity index is 685. The molecule has 2 aromatic rings. The predicted molar refractivity (Wildman–Crippen MR) is 113 cm³/mol. The van der Waals surface area contributed by atoms with E-state index in [1.807, 2.05) is 12.1 Å². The summed E-state index contributed by atoms with van der Waals surface area (Å²) in [5.74, 6) is 1.69. The zero-order valence-electron chi connectivity index (χ0n) is 16.9. The van der Waals surface area contributed by atoms with E-state index in [2.05, 4.69) is 77.0 Å². The third-order valence-corrected chi connectivity index (χ3v) is 4.72. The van der Waals surface area contributed by atoms with Crippen LogP contribution in [0.1, 0.15) is 24.5 Å². The first-order valence-electron chi connectivity index (χ1n) is 9.44. The van der Waals surface area contributed by atoms with Crippen LogP contribution < -0.4 is 15.4 Å². The topological polar surface area (TPSA) is 48.9 Å². The molecule has 0 saturated carbocycles. The lowest BCUT2D eigenvalue weighted by Crippen LogP contribution is -2.39. The molecule has 5 heteroatoms. The summed E-state index contributed by atoms with van der Waals surface area (Å²) in [5.41, 5.74) is 2.53. The van der Waals surface area contributed by atoms with Gasteiger partial charge in [-0.15, -0.1) is 0 Å². The van der Waals surface area contributed by atoms with Gasteiger partial charge in [0.25, 0.3) is 0 Å². The molecule has 2 rings (SSSR count). The van der Waals surface area contributed by atoms with Gasteiger partial charge in [-0.2, -0.15) is 0 Å². The smallest absolute Gasteiger partial charge is 0.191 e. The number of ether oxygens (including phenoxy) is 1. The molecule has 0 aliphatic carbocycles. The number of methoxy groups -OCH3 is 1. The van der Waals surface area contributed by atoms with Gasteiger partial charge in [0, 0.05) is 32.7 Å². The van der Waals surface area contributed by atoms with Gasteiger partial charge in [0.2, 0.25) is 0 Å². The molecule has 2 aromatic carbocycles. The van der Waals surface area contributed by atoms with Crippen molar-refractivity contribution in [3.8, 4) is 5.75 Å². The minimum atomic E-state index is 0.484. The summed E-state index contributed by atoms with van der Waals surface area (Å²) in [6, 6.07) is 19.1. The van der Waals surface area contributed by atoms with E-state index in [0.717, 1.165) is 37.8 Å². The Hall–Kier alpha value is -2.53. The molecule has 0 saturated heterocycles. The summed E-state index contributed by atoms with van der Waals surface area (Å²) in [6.07, 6.45) is 1.05. The first-order chi connectivity index (χ1) is 13.1. The van der Waals surface area contributed by atoms with Gasteiger partial charge >= 0.3 is 0 Å². The van der Waals surface area contributed by atoms with Crippen LogP contribution in [-0.2, 0) is 13.1 Å². The molecule has 27 heavy (non-hydrogen) atoms. The SMILES string of the molecule is CN=C(NCCC(C)N(C)Cc1ccccc1)NCc1ccc(OC)cc1. The van der Waals surface area contributed by atoms with Gasteiger partial charge in [0.1, 0.15) is 5.75 Å². The van der Waals surface area contributed by atoms with Crippen molar-refractivity contribution in [1.82, 2.24) is 15.5 Å². The van der Waals surface area contributed by atoms with E-state index in [4.69, 9.17) is 4.74 Å². The number of nitrogens with one attached hydrogen (secondary N) is 2. The Morgan fingerprint density at radius 1 is 1.04 bits per heavy atom. The number of hydrogen-bond donors (Lipinski definition) is 2. The number of hydrogen-bond acceptors (Lipinski definition) is 3. The first-order valence-corrected chi connectivity index (χ1v) is 9.44. The summed E-state index contributed by atoms with van der Waals surface area (Å²) < 4.78 is 5.19. The van der Waals surface area contributed by atoms with Crippen LogP contribution in [0.2, 0.25) is 0 Å². The van der Waals surface area contributed by atoms with E-state index >= 15 is 0 Å². The number of rotatable bonds is 9. The van der Waals surface area contributed by atoms with Crippen molar-refractivity contribution in [3.05, 3.63) is 65.7 Å². The van der Waals surface area contributed by atoms with Crippen LogP contribution in [0.5, 0.6) is 5.75 Å². The molecule has 0 radical (unpaired) electrons. The highest BCUT2D eigenvalue weighted by Crippen LogP contribution is 2.11. The van der Waals surface area contributed by atoms with Gasteiger partial charge in [0.05, 0.1) is 7.11 Å². The van der Waals surface area contributed by atoms with Gasteiger partial charge in [-0.05, 0) is 43.7 Å². The Labute approximate surface area is 163 Å². The van der Waals surface area contributed by atoms with Crippen molar-refractivity contribution in [2.75, 3.05) is 27.7 Å². The Morgan fingerprint density at radius 3 is 2.37 bits per heavy atom. The number of benzene rings is 2. The second-order valence-electron chi connectivity index (χ2n) is 6.74. The van der Waals surface area contributed by atoms with Crippen molar-refractivity contribution in [2.45, 2.75) is 32.5 Å². The van der Waals surface area contributed by atoms with Crippen LogP contribution in [0.25, 0.3) is 0 Å². The monoisotopic (exact) mass is 368 g/mol. The molecule has 0 aliphatic heterocycles. The first kappa shape index (κ1) is 20.8. The molecule has 1 atom stereocenters. The Balaban J connectivity index is 1.70. The van der Waals surface area contributed by atoms with E-state index in [0.29, 0.717) is 6.04 Å². The predicted octanol–water partition coefficient (Wildman–Crippen LogP) is 3.27. The lowest BCUT2D eigenvalue weighted by Gasteiger charge is -2.25. The van der Waals surface area contributed by atoms with Crippen molar-refractivity contribution in [1.29, 1.82) is 0 Å². The average molecular weight is 369 g/mol. The van der Waals surface area contributed by atoms with Crippen LogP contribution in [0, 0.1) is 0 Å². The van der Waals surface area contributed by atoms with Crippen molar-refractivity contribution >= 4 is 5.96 Å². The molecule has 0 spiro atoms. The maximum atomic E-state index is 5.19. The molecule has 1 unspecified atom stereocenters. The Kier molecular flexibility index (Phi) is 8.65. The fraction of sp³-hybridized carbons (Fsp3) is 0.409. The molecule has 0 fully saturated rings. The molecule has 0 bridgehead atoms. The standard InChI is InChI=1S/C22H32N4O/c1-18(26(3)17-20-8-6-5-7-9-20)14-15-24-22(23-2)25-16-19-10-12-21(27-4)13-11-19/h5-13,18H,14-17H2,1-4H3,(H2,23,24,25). The molecule has 2 N–H and O–H groups in total. The van der Waals surface area contributed by atoms with E-state index in [1.165, 1.54) is 11.1 Å². The van der Waals surface area contributed by atoms with E-state index in [-0.39, 0.29) is 0 Å². The molecule has 0 aliphatic rings. The van der Waals surface area contributed by atoms with Gasteiger partial charge in [-0.25, -0.2) is 0 Å². The van der Waals surface area contributed by atoms with Crippen LogP contribution in [0.3, 0.4) is 0 Å². The summed E-state index contributed by atoms with van der Waals surface area (Å²) in [4.78, 5) is 6.68. The quantitative estimate of drug-likeness (QED) is 0.527. The summed E-state index contributed by atoms with van der Waals surface area (Å²) in [6.45, 7) is 4.83. The number of nitrogens with zero attached hydrogens (tertiary/aromatic N) is 2. The third kappa shape index (κ3) is 7.31. The fourth-order valence-corrected chi connectivity index (χ4v) is 2.80. The molecular weight excluding hydrogens is 336 g/mol. The van der Waals surface area contributed by atoms with Crippen molar-refractivity contribution in [3.63, 3.8) is 0 Å². The summed E-state index contributed by atoms with van der Waals surface area (Å²) in [7, 11) is 5.65. The largest absolute Gasteiger partial charge is 0.497 e. The molecule has 5 nitrogen and oxygen atoms in total. The van der Waals surface area contributed by atoms with Crippen molar-refractivity contribution < 1.29 is 4.74 Å². The lowest BCUT2D eigenvalue weighted by molar-refractivity contribution is 0.238. The molecule has 0 aromatic heterocycles. The fourth-order valence-electron chi connectivity index (χ4n) is 2.80. The van der Waals surface area contributed by atoms with Crippen molar-refractivity contribution in [2.24, 2.45) is 4.99 Å². The molecule has 0 heterocycles. The van der Waals surface area contributed by atoms with Gasteiger partial charge in [0.15, 0.2) is 5.96 Å². The van der Waals surface area contributed by atoms with Crippen LogP contribution in [0.15, 0.2) is 59.6 Å². The Morgan fingerprint density at radius 2 is 1.74 bits per heavy atom. The highest BCUT2D eigenvalue weighted by Gasteiger charge is 2.09. The molecular formula is C22H32N4O.